The van der Waals surface area contributed by atoms with Gasteiger partial charge >= 0.3 is 0 Å². The lowest BCUT2D eigenvalue weighted by Gasteiger charge is -2.18. The van der Waals surface area contributed by atoms with Gasteiger partial charge in [-0.15, -0.1) is 12.4 Å². The lowest BCUT2D eigenvalue weighted by Crippen LogP contribution is -2.40. The van der Waals surface area contributed by atoms with Gasteiger partial charge in [0.2, 0.25) is 11.8 Å². The summed E-state index contributed by atoms with van der Waals surface area (Å²) in [6, 6.07) is 9.90. The highest BCUT2D eigenvalue weighted by Gasteiger charge is 2.27. The van der Waals surface area contributed by atoms with E-state index in [2.05, 4.69) is 5.32 Å². The molecule has 0 radical (unpaired) electrons. The second-order valence-corrected chi connectivity index (χ2v) is 5.72. The summed E-state index contributed by atoms with van der Waals surface area (Å²) in [7, 11) is 1.74. The van der Waals surface area contributed by atoms with Crippen LogP contribution in [0.15, 0.2) is 30.3 Å². The van der Waals surface area contributed by atoms with E-state index in [-0.39, 0.29) is 42.7 Å². The van der Waals surface area contributed by atoms with E-state index in [0.29, 0.717) is 6.54 Å². The number of nitrogens with two attached hydrogens (primary N) is 1. The molecule has 2 unspecified atom stereocenters. The number of carbonyl (C=O) groups is 2. The Hall–Kier alpha value is -1.59. The van der Waals surface area contributed by atoms with E-state index >= 15 is 0 Å². The number of rotatable bonds is 5. The van der Waals surface area contributed by atoms with Crippen molar-refractivity contribution in [2.75, 3.05) is 13.6 Å². The minimum atomic E-state index is -0.0884. The van der Waals surface area contributed by atoms with Crippen molar-refractivity contribution >= 4 is 24.2 Å². The van der Waals surface area contributed by atoms with Crippen LogP contribution in [0.1, 0.15) is 24.8 Å². The maximum Gasteiger partial charge on any atom is 0.242 e. The van der Waals surface area contributed by atoms with E-state index in [1.807, 2.05) is 30.3 Å². The third-order valence-corrected chi connectivity index (χ3v) is 3.95. The van der Waals surface area contributed by atoms with Crippen LogP contribution in [0.25, 0.3) is 0 Å². The summed E-state index contributed by atoms with van der Waals surface area (Å²) < 4.78 is 0. The molecular formula is C16H24ClN3O2. The topological polar surface area (TPSA) is 75.4 Å². The minimum Gasteiger partial charge on any atom is -0.347 e. The fourth-order valence-corrected chi connectivity index (χ4v) is 2.64. The van der Waals surface area contributed by atoms with Crippen LogP contribution in [-0.4, -0.2) is 36.3 Å². The van der Waals surface area contributed by atoms with Crippen LogP contribution in [0.3, 0.4) is 0 Å². The Kier molecular flexibility index (Phi) is 7.35. The first kappa shape index (κ1) is 18.5. The fraction of sp³-hybridized carbons (Fsp3) is 0.500. The molecular weight excluding hydrogens is 302 g/mol. The second-order valence-electron chi connectivity index (χ2n) is 5.72. The van der Waals surface area contributed by atoms with Gasteiger partial charge in [-0.2, -0.15) is 0 Å². The Morgan fingerprint density at radius 1 is 1.27 bits per heavy atom. The molecule has 122 valence electrons. The molecule has 2 amide bonds. The van der Waals surface area contributed by atoms with E-state index in [1.54, 1.807) is 11.9 Å². The monoisotopic (exact) mass is 325 g/mol. The Morgan fingerprint density at radius 2 is 1.95 bits per heavy atom. The number of nitrogens with zero attached hydrogens (tertiary/aromatic N) is 1. The average molecular weight is 326 g/mol. The Morgan fingerprint density at radius 3 is 2.55 bits per heavy atom. The quantitative estimate of drug-likeness (QED) is 0.857. The fourth-order valence-electron chi connectivity index (χ4n) is 2.64. The molecule has 1 aliphatic carbocycles. The molecule has 1 aromatic carbocycles. The Labute approximate surface area is 137 Å². The molecule has 0 spiro atoms. The van der Waals surface area contributed by atoms with Crippen LogP contribution in [0.2, 0.25) is 0 Å². The summed E-state index contributed by atoms with van der Waals surface area (Å²) in [5.74, 6) is -0.175. The van der Waals surface area contributed by atoms with Crippen molar-refractivity contribution in [3.63, 3.8) is 0 Å². The summed E-state index contributed by atoms with van der Waals surface area (Å²) in [6.45, 7) is 0.595. The normalized spacial score (nSPS) is 20.1. The van der Waals surface area contributed by atoms with Crippen LogP contribution in [0.4, 0.5) is 0 Å². The minimum absolute atomic E-state index is 0. The number of carbonyl (C=O) groups excluding carboxylic acids is 2. The summed E-state index contributed by atoms with van der Waals surface area (Å²) in [4.78, 5) is 25.6. The number of halogens is 1. The highest BCUT2D eigenvalue weighted by molar-refractivity contribution is 5.86. The van der Waals surface area contributed by atoms with E-state index < -0.39 is 0 Å². The number of hydrogen-bond acceptors (Lipinski definition) is 3. The zero-order valence-corrected chi connectivity index (χ0v) is 13.6. The maximum atomic E-state index is 12.0. The third kappa shape index (κ3) is 5.31. The molecule has 0 heterocycles. The molecule has 6 heteroatoms. The van der Waals surface area contributed by atoms with Gasteiger partial charge in [-0.1, -0.05) is 30.3 Å². The van der Waals surface area contributed by atoms with Crippen molar-refractivity contribution < 1.29 is 9.59 Å². The standard InChI is InChI=1S/C16H23N3O2.ClH/c1-19(11-12-5-3-2-4-6-12)15(20)10-18-16(21)13-7-8-14(17)9-13;/h2-6,13-14H,7-11,17H2,1H3,(H,18,21);1H. The van der Waals surface area contributed by atoms with E-state index in [1.165, 1.54) is 0 Å². The van der Waals surface area contributed by atoms with Gasteiger partial charge in [-0.3, -0.25) is 9.59 Å². The van der Waals surface area contributed by atoms with Crippen molar-refractivity contribution in [3.8, 4) is 0 Å². The SMILES string of the molecule is CN(Cc1ccccc1)C(=O)CNC(=O)C1CCC(N)C1.Cl. The molecule has 22 heavy (non-hydrogen) atoms. The first-order valence-corrected chi connectivity index (χ1v) is 7.37. The molecule has 0 aliphatic heterocycles. The Bertz CT molecular complexity index is 495. The van der Waals surface area contributed by atoms with Crippen LogP contribution in [-0.2, 0) is 16.1 Å². The van der Waals surface area contributed by atoms with Crippen LogP contribution in [0.5, 0.6) is 0 Å². The highest BCUT2D eigenvalue weighted by atomic mass is 35.5. The zero-order valence-electron chi connectivity index (χ0n) is 12.8. The molecule has 1 aromatic rings. The summed E-state index contributed by atoms with van der Waals surface area (Å²) in [5, 5.41) is 2.73. The van der Waals surface area contributed by atoms with Crippen molar-refractivity contribution in [1.82, 2.24) is 10.2 Å². The molecule has 3 N–H and O–H groups in total. The lowest BCUT2D eigenvalue weighted by atomic mass is 10.1. The van der Waals surface area contributed by atoms with Crippen LogP contribution in [0, 0.1) is 5.92 Å². The first-order chi connectivity index (χ1) is 10.1. The molecule has 0 saturated heterocycles. The molecule has 1 saturated carbocycles. The average Bonchev–Trinajstić information content (AvgIpc) is 2.92. The number of nitrogens with one attached hydrogen (secondary N) is 1. The molecule has 0 bridgehead atoms. The maximum absolute atomic E-state index is 12.0. The summed E-state index contributed by atoms with van der Waals surface area (Å²) in [5.41, 5.74) is 6.87. The molecule has 2 rings (SSSR count). The molecule has 5 nitrogen and oxygen atoms in total. The van der Waals surface area contributed by atoms with E-state index in [4.69, 9.17) is 5.73 Å². The van der Waals surface area contributed by atoms with Gasteiger partial charge in [0, 0.05) is 25.6 Å². The van der Waals surface area contributed by atoms with Crippen molar-refractivity contribution in [1.29, 1.82) is 0 Å². The molecule has 2 atom stereocenters. The van der Waals surface area contributed by atoms with Gasteiger partial charge in [-0.25, -0.2) is 0 Å². The Balaban J connectivity index is 0.00000242. The van der Waals surface area contributed by atoms with Gasteiger partial charge < -0.3 is 16.0 Å². The largest absolute Gasteiger partial charge is 0.347 e. The van der Waals surface area contributed by atoms with Gasteiger partial charge in [-0.05, 0) is 24.8 Å². The first-order valence-electron chi connectivity index (χ1n) is 7.37. The number of benzene rings is 1. The summed E-state index contributed by atoms with van der Waals surface area (Å²) in [6.07, 6.45) is 2.43. The number of amides is 2. The van der Waals surface area contributed by atoms with Crippen molar-refractivity contribution in [2.45, 2.75) is 31.8 Å². The molecule has 0 aromatic heterocycles. The van der Waals surface area contributed by atoms with Gasteiger partial charge in [0.15, 0.2) is 0 Å². The van der Waals surface area contributed by atoms with E-state index in [0.717, 1.165) is 24.8 Å². The van der Waals surface area contributed by atoms with Crippen molar-refractivity contribution in [3.05, 3.63) is 35.9 Å². The van der Waals surface area contributed by atoms with Crippen molar-refractivity contribution in [2.24, 2.45) is 11.7 Å². The van der Waals surface area contributed by atoms with Crippen LogP contribution >= 0.6 is 12.4 Å². The predicted octanol–water partition coefficient (Wildman–Crippen LogP) is 1.31. The highest BCUT2D eigenvalue weighted by Crippen LogP contribution is 2.23. The third-order valence-electron chi connectivity index (χ3n) is 3.95. The van der Waals surface area contributed by atoms with Crippen LogP contribution < -0.4 is 11.1 Å². The molecule has 1 aliphatic rings. The van der Waals surface area contributed by atoms with Gasteiger partial charge in [0.05, 0.1) is 6.54 Å². The zero-order chi connectivity index (χ0) is 15.2. The van der Waals surface area contributed by atoms with Gasteiger partial charge in [0.1, 0.15) is 0 Å². The smallest absolute Gasteiger partial charge is 0.242 e. The second kappa shape index (κ2) is 8.76. The number of hydrogen-bond donors (Lipinski definition) is 2. The summed E-state index contributed by atoms with van der Waals surface area (Å²) >= 11 is 0. The van der Waals surface area contributed by atoms with Gasteiger partial charge in [0.25, 0.3) is 0 Å². The predicted molar refractivity (Wildman–Crippen MR) is 88.5 cm³/mol. The number of likely N-dealkylation sites (N-methyl/N-ethyl adjacent to an activating group) is 1. The lowest BCUT2D eigenvalue weighted by molar-refractivity contribution is -0.133. The molecule has 1 fully saturated rings. The van der Waals surface area contributed by atoms with E-state index in [9.17, 15) is 9.59 Å².